The molecule has 1 aromatic carbocycles. The Morgan fingerprint density at radius 1 is 1.29 bits per heavy atom. The van der Waals surface area contributed by atoms with Gasteiger partial charge in [-0.15, -0.1) is 0 Å². The molecule has 2 fully saturated rings. The zero-order chi connectivity index (χ0) is 17.3. The fourth-order valence-corrected chi connectivity index (χ4v) is 4.35. The maximum Gasteiger partial charge on any atom is 0.256 e. The molecular formula is C18H26ClN3O2. The Kier molecular flexibility index (Phi) is 5.21. The van der Waals surface area contributed by atoms with E-state index in [0.29, 0.717) is 28.1 Å². The fourth-order valence-electron chi connectivity index (χ4n) is 4.19. The summed E-state index contributed by atoms with van der Waals surface area (Å²) in [4.78, 5) is 15.1. The van der Waals surface area contributed by atoms with Crippen molar-refractivity contribution in [3.8, 4) is 5.75 Å². The first-order valence-corrected chi connectivity index (χ1v) is 9.05. The van der Waals surface area contributed by atoms with Crippen molar-refractivity contribution < 1.29 is 9.53 Å². The topological polar surface area (TPSA) is 67.6 Å². The van der Waals surface area contributed by atoms with Crippen molar-refractivity contribution in [2.24, 2.45) is 5.92 Å². The largest absolute Gasteiger partial charge is 0.496 e. The lowest BCUT2D eigenvalue weighted by Gasteiger charge is -2.46. The van der Waals surface area contributed by atoms with Gasteiger partial charge in [0.05, 0.1) is 29.5 Å². The van der Waals surface area contributed by atoms with Gasteiger partial charge in [-0.05, 0) is 44.7 Å². The molecule has 3 rings (SSSR count). The molecule has 5 nitrogen and oxygen atoms in total. The second kappa shape index (κ2) is 7.19. The Balaban J connectivity index is 1.74. The molecule has 1 amide bonds. The second-order valence-corrected chi connectivity index (χ2v) is 7.33. The zero-order valence-corrected chi connectivity index (χ0v) is 15.1. The van der Waals surface area contributed by atoms with Gasteiger partial charge in [0, 0.05) is 12.1 Å². The number of halogens is 1. The number of anilines is 1. The number of nitrogen functional groups attached to an aromatic ring is 1. The number of nitrogens with zero attached hydrogens (tertiary/aromatic N) is 1. The summed E-state index contributed by atoms with van der Waals surface area (Å²) in [5.41, 5.74) is 6.63. The van der Waals surface area contributed by atoms with E-state index in [2.05, 4.69) is 17.3 Å². The molecule has 0 spiro atoms. The van der Waals surface area contributed by atoms with Gasteiger partial charge in [-0.3, -0.25) is 9.69 Å². The predicted octanol–water partition coefficient (Wildman–Crippen LogP) is 3.27. The van der Waals surface area contributed by atoms with E-state index in [1.165, 1.54) is 39.2 Å². The van der Waals surface area contributed by atoms with Crippen LogP contribution in [0.3, 0.4) is 0 Å². The van der Waals surface area contributed by atoms with Gasteiger partial charge >= 0.3 is 0 Å². The lowest BCUT2D eigenvalue weighted by atomic mass is 9.78. The monoisotopic (exact) mass is 351 g/mol. The summed E-state index contributed by atoms with van der Waals surface area (Å²) in [6.07, 6.45) is 7.38. The van der Waals surface area contributed by atoms with E-state index in [4.69, 9.17) is 22.1 Å². The molecule has 0 aromatic heterocycles. The Bertz CT molecular complexity index is 623. The van der Waals surface area contributed by atoms with Crippen molar-refractivity contribution in [3.05, 3.63) is 22.7 Å². The summed E-state index contributed by atoms with van der Waals surface area (Å²) < 4.78 is 5.29. The fraction of sp³-hybridized carbons (Fsp3) is 0.611. The molecule has 24 heavy (non-hydrogen) atoms. The summed E-state index contributed by atoms with van der Waals surface area (Å²) in [5, 5.41) is 3.51. The SMILES string of the molecule is COc1cc(N)c(Cl)cc1C(=O)NC1CC[C@H]2CCCC[C@@H]2N1C. The van der Waals surface area contributed by atoms with Crippen LogP contribution in [-0.4, -0.2) is 37.2 Å². The highest BCUT2D eigenvalue weighted by atomic mass is 35.5. The van der Waals surface area contributed by atoms with E-state index in [1.807, 2.05) is 0 Å². The zero-order valence-electron chi connectivity index (χ0n) is 14.3. The highest BCUT2D eigenvalue weighted by Gasteiger charge is 2.37. The van der Waals surface area contributed by atoms with Crippen LogP contribution in [0.1, 0.15) is 48.9 Å². The number of piperidine rings is 1. The number of carbonyl (C=O) groups is 1. The van der Waals surface area contributed by atoms with Gasteiger partial charge in [-0.1, -0.05) is 24.4 Å². The minimum absolute atomic E-state index is 0.0536. The smallest absolute Gasteiger partial charge is 0.256 e. The van der Waals surface area contributed by atoms with Gasteiger partial charge < -0.3 is 15.8 Å². The summed E-state index contributed by atoms with van der Waals surface area (Å²) in [5.74, 6) is 1.06. The Morgan fingerprint density at radius 2 is 2.04 bits per heavy atom. The summed E-state index contributed by atoms with van der Waals surface area (Å²) in [7, 11) is 3.65. The van der Waals surface area contributed by atoms with Crippen LogP contribution in [-0.2, 0) is 0 Å². The first kappa shape index (κ1) is 17.4. The molecule has 1 aliphatic heterocycles. The number of likely N-dealkylation sites (tertiary alicyclic amines) is 1. The highest BCUT2D eigenvalue weighted by molar-refractivity contribution is 6.33. The Labute approximate surface area is 148 Å². The molecule has 132 valence electrons. The second-order valence-electron chi connectivity index (χ2n) is 6.92. The van der Waals surface area contributed by atoms with Crippen LogP contribution in [0.2, 0.25) is 5.02 Å². The van der Waals surface area contributed by atoms with Crippen LogP contribution in [0.25, 0.3) is 0 Å². The molecule has 1 unspecified atom stereocenters. The van der Waals surface area contributed by atoms with Crippen LogP contribution in [0.15, 0.2) is 12.1 Å². The van der Waals surface area contributed by atoms with Gasteiger partial charge in [-0.25, -0.2) is 0 Å². The van der Waals surface area contributed by atoms with Crippen molar-refractivity contribution in [1.29, 1.82) is 0 Å². The van der Waals surface area contributed by atoms with Crippen molar-refractivity contribution in [2.45, 2.75) is 50.7 Å². The quantitative estimate of drug-likeness (QED) is 0.820. The van der Waals surface area contributed by atoms with Gasteiger partial charge in [0.25, 0.3) is 5.91 Å². The average Bonchev–Trinajstić information content (AvgIpc) is 2.59. The Morgan fingerprint density at radius 3 is 2.79 bits per heavy atom. The van der Waals surface area contributed by atoms with Crippen molar-refractivity contribution in [2.75, 3.05) is 19.9 Å². The molecule has 3 atom stereocenters. The molecule has 1 saturated heterocycles. The van der Waals surface area contributed by atoms with Crippen LogP contribution in [0.5, 0.6) is 5.75 Å². The molecule has 1 aliphatic carbocycles. The average molecular weight is 352 g/mol. The number of nitrogens with two attached hydrogens (primary N) is 1. The van der Waals surface area contributed by atoms with Crippen LogP contribution in [0.4, 0.5) is 5.69 Å². The van der Waals surface area contributed by atoms with Gasteiger partial charge in [0.2, 0.25) is 0 Å². The number of hydrogen-bond donors (Lipinski definition) is 2. The lowest BCUT2D eigenvalue weighted by Crippen LogP contribution is -2.56. The van der Waals surface area contributed by atoms with E-state index < -0.39 is 0 Å². The van der Waals surface area contributed by atoms with E-state index in [-0.39, 0.29) is 12.1 Å². The van der Waals surface area contributed by atoms with Crippen LogP contribution >= 0.6 is 11.6 Å². The maximum absolute atomic E-state index is 12.7. The molecule has 3 N–H and O–H groups in total. The first-order valence-electron chi connectivity index (χ1n) is 8.67. The number of methoxy groups -OCH3 is 1. The molecule has 1 saturated carbocycles. The van der Waals surface area contributed by atoms with E-state index in [0.717, 1.165) is 12.3 Å². The molecule has 6 heteroatoms. The first-order chi connectivity index (χ1) is 11.5. The van der Waals surface area contributed by atoms with E-state index in [1.54, 1.807) is 12.1 Å². The normalized spacial score (nSPS) is 27.4. The number of hydrogen-bond acceptors (Lipinski definition) is 4. The van der Waals surface area contributed by atoms with Crippen molar-refractivity contribution >= 4 is 23.2 Å². The van der Waals surface area contributed by atoms with Gasteiger partial charge in [0.1, 0.15) is 5.75 Å². The van der Waals surface area contributed by atoms with Crippen LogP contribution in [0, 0.1) is 5.92 Å². The Hall–Kier alpha value is -1.46. The van der Waals surface area contributed by atoms with E-state index in [9.17, 15) is 4.79 Å². The third-order valence-corrected chi connectivity index (χ3v) is 5.88. The minimum Gasteiger partial charge on any atom is -0.496 e. The highest BCUT2D eigenvalue weighted by Crippen LogP contribution is 2.36. The minimum atomic E-state index is -0.167. The maximum atomic E-state index is 12.7. The molecule has 2 aliphatic rings. The number of rotatable bonds is 3. The summed E-state index contributed by atoms with van der Waals surface area (Å²) in [6, 6.07) is 3.76. The third-order valence-electron chi connectivity index (χ3n) is 5.56. The number of benzene rings is 1. The van der Waals surface area contributed by atoms with E-state index >= 15 is 0 Å². The number of ether oxygens (including phenoxy) is 1. The third kappa shape index (κ3) is 3.33. The molecular weight excluding hydrogens is 326 g/mol. The molecule has 1 heterocycles. The molecule has 0 bridgehead atoms. The lowest BCUT2D eigenvalue weighted by molar-refractivity contribution is 0.0218. The molecule has 0 radical (unpaired) electrons. The number of nitrogens with one attached hydrogen (secondary N) is 1. The number of amides is 1. The van der Waals surface area contributed by atoms with Gasteiger partial charge in [0.15, 0.2) is 0 Å². The summed E-state index contributed by atoms with van der Waals surface area (Å²) in [6.45, 7) is 0. The number of carbonyl (C=O) groups excluding carboxylic acids is 1. The molecule has 1 aromatic rings. The van der Waals surface area contributed by atoms with Crippen molar-refractivity contribution in [3.63, 3.8) is 0 Å². The standard InChI is InChI=1S/C18H26ClN3O2/c1-22-15-6-4-3-5-11(15)7-8-17(22)21-18(23)12-9-13(19)14(20)10-16(12)24-2/h9-11,15,17H,3-8,20H2,1-2H3,(H,21,23)/t11-,15+,17?/m1/s1. The van der Waals surface area contributed by atoms with Crippen molar-refractivity contribution in [1.82, 2.24) is 10.2 Å². The number of fused-ring (bicyclic) bond motifs is 1. The predicted molar refractivity (Wildman–Crippen MR) is 96.4 cm³/mol. The summed E-state index contributed by atoms with van der Waals surface area (Å²) >= 11 is 6.08. The van der Waals surface area contributed by atoms with Crippen LogP contribution < -0.4 is 15.8 Å². The van der Waals surface area contributed by atoms with Gasteiger partial charge in [-0.2, -0.15) is 0 Å².